The third-order valence-electron chi connectivity index (χ3n) is 6.08. The number of fused-ring (bicyclic) bond motifs is 3. The fourth-order valence-corrected chi connectivity index (χ4v) is 4.55. The zero-order valence-electron chi connectivity index (χ0n) is 16.7. The Balaban J connectivity index is 1.73. The highest BCUT2D eigenvalue weighted by atomic mass is 15.0. The van der Waals surface area contributed by atoms with Crippen LogP contribution in [0.25, 0.3) is 21.8 Å². The van der Waals surface area contributed by atoms with Gasteiger partial charge in [0.1, 0.15) is 0 Å². The molecule has 2 unspecified atom stereocenters. The first kappa shape index (κ1) is 17.9. The van der Waals surface area contributed by atoms with E-state index in [1.54, 1.807) is 0 Å². The molecule has 2 atom stereocenters. The summed E-state index contributed by atoms with van der Waals surface area (Å²) >= 11 is 0. The molecule has 4 aromatic rings. The Kier molecular flexibility index (Phi) is 5.03. The smallest absolute Gasteiger partial charge is 0.0491 e. The van der Waals surface area contributed by atoms with E-state index < -0.39 is 0 Å². The molecule has 0 aliphatic heterocycles. The van der Waals surface area contributed by atoms with E-state index in [1.807, 2.05) is 0 Å². The van der Waals surface area contributed by atoms with Crippen molar-refractivity contribution in [1.29, 1.82) is 0 Å². The quantitative estimate of drug-likeness (QED) is 0.337. The van der Waals surface area contributed by atoms with Crippen LogP contribution in [0.5, 0.6) is 0 Å². The van der Waals surface area contributed by atoms with Crippen LogP contribution < -0.4 is 0 Å². The summed E-state index contributed by atoms with van der Waals surface area (Å²) in [5, 5.41) is 2.78. The second-order valence-corrected chi connectivity index (χ2v) is 7.69. The summed E-state index contributed by atoms with van der Waals surface area (Å²) in [5.41, 5.74) is 5.62. The van der Waals surface area contributed by atoms with Crippen LogP contribution in [0.1, 0.15) is 56.6 Å². The van der Waals surface area contributed by atoms with E-state index in [0.29, 0.717) is 11.8 Å². The molecule has 4 rings (SSSR count). The van der Waals surface area contributed by atoms with E-state index in [1.165, 1.54) is 45.8 Å². The molecular formula is C26H29N. The number of benzene rings is 3. The van der Waals surface area contributed by atoms with Gasteiger partial charge in [-0.15, -0.1) is 0 Å². The van der Waals surface area contributed by atoms with Crippen molar-refractivity contribution in [2.45, 2.75) is 52.0 Å². The highest BCUT2D eigenvalue weighted by Gasteiger charge is 2.17. The van der Waals surface area contributed by atoms with E-state index in [9.17, 15) is 0 Å². The minimum atomic E-state index is 0.573. The summed E-state index contributed by atoms with van der Waals surface area (Å²) < 4.78 is 2.43. The third kappa shape index (κ3) is 3.27. The Hall–Kier alpha value is -2.54. The molecule has 0 aliphatic carbocycles. The van der Waals surface area contributed by atoms with Crippen molar-refractivity contribution in [3.8, 4) is 0 Å². The zero-order chi connectivity index (χ0) is 18.8. The topological polar surface area (TPSA) is 4.93 Å². The predicted octanol–water partition coefficient (Wildman–Crippen LogP) is 7.50. The van der Waals surface area contributed by atoms with Crippen molar-refractivity contribution >= 4 is 21.8 Å². The summed E-state index contributed by atoms with van der Waals surface area (Å²) in [6, 6.07) is 26.9. The van der Waals surface area contributed by atoms with E-state index in [-0.39, 0.29) is 0 Å². The Morgan fingerprint density at radius 3 is 2.19 bits per heavy atom. The number of para-hydroxylation sites is 1. The molecule has 0 fully saturated rings. The first-order chi connectivity index (χ1) is 13.2. The highest BCUT2D eigenvalue weighted by Crippen LogP contribution is 2.36. The third-order valence-corrected chi connectivity index (χ3v) is 6.08. The van der Waals surface area contributed by atoms with Crippen LogP contribution in [0.2, 0.25) is 0 Å². The lowest BCUT2D eigenvalue weighted by molar-refractivity contribution is 0.545. The van der Waals surface area contributed by atoms with Crippen LogP contribution in [0.4, 0.5) is 0 Å². The van der Waals surface area contributed by atoms with Crippen molar-refractivity contribution < 1.29 is 0 Å². The molecule has 0 amide bonds. The molecule has 1 nitrogen and oxygen atoms in total. The predicted molar refractivity (Wildman–Crippen MR) is 118 cm³/mol. The Bertz CT molecular complexity index is 1040. The van der Waals surface area contributed by atoms with Crippen LogP contribution in [0, 0.1) is 0 Å². The molecule has 0 N–H and O–H groups in total. The molecule has 0 radical (unpaired) electrons. The summed E-state index contributed by atoms with van der Waals surface area (Å²) in [6.07, 6.45) is 2.37. The molecular weight excluding hydrogens is 326 g/mol. The number of hydrogen-bond donors (Lipinski definition) is 0. The number of nitrogens with zero attached hydrogens (tertiary/aromatic N) is 1. The van der Waals surface area contributed by atoms with Crippen LogP contribution in [-0.4, -0.2) is 4.57 Å². The minimum absolute atomic E-state index is 0.573. The summed E-state index contributed by atoms with van der Waals surface area (Å²) in [6.45, 7) is 7.92. The molecule has 1 heterocycles. The van der Waals surface area contributed by atoms with Crippen molar-refractivity contribution in [3.05, 3.63) is 83.9 Å². The first-order valence-corrected chi connectivity index (χ1v) is 10.3. The maximum atomic E-state index is 2.45. The Morgan fingerprint density at radius 2 is 1.44 bits per heavy atom. The molecule has 3 aromatic carbocycles. The van der Waals surface area contributed by atoms with Gasteiger partial charge in [0.15, 0.2) is 0 Å². The molecule has 0 aliphatic rings. The van der Waals surface area contributed by atoms with Gasteiger partial charge in [0.05, 0.1) is 0 Å². The van der Waals surface area contributed by atoms with Crippen molar-refractivity contribution in [3.63, 3.8) is 0 Å². The molecule has 0 bridgehead atoms. The van der Waals surface area contributed by atoms with Crippen LogP contribution in [0.3, 0.4) is 0 Å². The van der Waals surface area contributed by atoms with Crippen LogP contribution in [0.15, 0.2) is 72.8 Å². The standard InChI is InChI=1S/C26H29N/c1-4-20(17-19(3)21-11-7-6-8-12-21)22-15-16-26-24(18-22)23-13-9-10-14-25(23)27(26)5-2/h6-16,18-20H,4-5,17H2,1-3H3. The maximum absolute atomic E-state index is 2.45. The summed E-state index contributed by atoms with van der Waals surface area (Å²) in [5.74, 6) is 1.16. The average molecular weight is 356 g/mol. The molecule has 1 aromatic heterocycles. The van der Waals surface area contributed by atoms with Gasteiger partial charge in [0.2, 0.25) is 0 Å². The van der Waals surface area contributed by atoms with Crippen molar-refractivity contribution in [2.75, 3.05) is 0 Å². The second-order valence-electron chi connectivity index (χ2n) is 7.69. The van der Waals surface area contributed by atoms with E-state index in [4.69, 9.17) is 0 Å². The monoisotopic (exact) mass is 355 g/mol. The molecule has 138 valence electrons. The van der Waals surface area contributed by atoms with Crippen molar-refractivity contribution in [2.24, 2.45) is 0 Å². The molecule has 1 heteroatoms. The number of aromatic nitrogens is 1. The normalized spacial score (nSPS) is 13.9. The van der Waals surface area contributed by atoms with E-state index in [2.05, 4.69) is 98.1 Å². The number of hydrogen-bond acceptors (Lipinski definition) is 0. The maximum Gasteiger partial charge on any atom is 0.0491 e. The van der Waals surface area contributed by atoms with Gasteiger partial charge in [-0.3, -0.25) is 0 Å². The van der Waals surface area contributed by atoms with Gasteiger partial charge in [0.25, 0.3) is 0 Å². The Labute approximate surface area is 162 Å². The number of rotatable bonds is 6. The molecule has 0 spiro atoms. The molecule has 0 saturated heterocycles. The molecule has 0 saturated carbocycles. The summed E-state index contributed by atoms with van der Waals surface area (Å²) in [7, 11) is 0. The highest BCUT2D eigenvalue weighted by molar-refractivity contribution is 6.08. The SMILES string of the molecule is CCC(CC(C)c1ccccc1)c1ccc2c(c1)c1ccccc1n2CC. The fourth-order valence-electron chi connectivity index (χ4n) is 4.55. The minimum Gasteiger partial charge on any atom is -0.341 e. The van der Waals surface area contributed by atoms with Gasteiger partial charge in [-0.1, -0.05) is 68.4 Å². The van der Waals surface area contributed by atoms with Crippen molar-refractivity contribution in [1.82, 2.24) is 4.57 Å². The largest absolute Gasteiger partial charge is 0.341 e. The lowest BCUT2D eigenvalue weighted by atomic mass is 9.84. The molecule has 27 heavy (non-hydrogen) atoms. The fraction of sp³-hybridized carbons (Fsp3) is 0.308. The first-order valence-electron chi connectivity index (χ1n) is 10.3. The lowest BCUT2D eigenvalue weighted by Gasteiger charge is -2.21. The van der Waals surface area contributed by atoms with E-state index in [0.717, 1.165) is 6.54 Å². The number of aryl methyl sites for hydroxylation is 1. The van der Waals surface area contributed by atoms with Crippen LogP contribution in [-0.2, 0) is 6.54 Å². The average Bonchev–Trinajstić information content (AvgIpc) is 3.05. The van der Waals surface area contributed by atoms with E-state index >= 15 is 0 Å². The van der Waals surface area contributed by atoms with Gasteiger partial charge >= 0.3 is 0 Å². The van der Waals surface area contributed by atoms with Gasteiger partial charge in [-0.2, -0.15) is 0 Å². The summed E-state index contributed by atoms with van der Waals surface area (Å²) in [4.78, 5) is 0. The van der Waals surface area contributed by atoms with Gasteiger partial charge in [0, 0.05) is 28.4 Å². The van der Waals surface area contributed by atoms with Crippen LogP contribution >= 0.6 is 0 Å². The van der Waals surface area contributed by atoms with Gasteiger partial charge in [-0.05, 0) is 60.9 Å². The van der Waals surface area contributed by atoms with Gasteiger partial charge < -0.3 is 4.57 Å². The Morgan fingerprint density at radius 1 is 0.741 bits per heavy atom. The second kappa shape index (κ2) is 7.60. The van der Waals surface area contributed by atoms with Gasteiger partial charge in [-0.25, -0.2) is 0 Å². The zero-order valence-corrected chi connectivity index (χ0v) is 16.7. The lowest BCUT2D eigenvalue weighted by Crippen LogP contribution is -2.04.